The summed E-state index contributed by atoms with van der Waals surface area (Å²) in [6.45, 7) is 1.24. The van der Waals surface area contributed by atoms with Crippen molar-refractivity contribution >= 4 is 45.4 Å². The van der Waals surface area contributed by atoms with Crippen molar-refractivity contribution in [2.24, 2.45) is 0 Å². The number of ether oxygens (including phenoxy) is 1. The van der Waals surface area contributed by atoms with Crippen LogP contribution in [0.1, 0.15) is 18.1 Å². The number of amides is 2. The first-order valence-electron chi connectivity index (χ1n) is 7.53. The van der Waals surface area contributed by atoms with Crippen molar-refractivity contribution < 1.29 is 19.2 Å². The molecule has 0 spiro atoms. The normalized spacial score (nSPS) is 14.9. The minimum Gasteiger partial charge on any atom is -0.497 e. The van der Waals surface area contributed by atoms with E-state index in [1.165, 1.54) is 32.2 Å². The van der Waals surface area contributed by atoms with E-state index in [1.807, 2.05) is 0 Å². The highest BCUT2D eigenvalue weighted by atomic mass is 35.5. The number of benzene rings is 2. The molecule has 132 valence electrons. The summed E-state index contributed by atoms with van der Waals surface area (Å²) in [4.78, 5) is 36.2. The maximum atomic E-state index is 12.8. The lowest BCUT2D eigenvalue weighted by atomic mass is 10.0. The highest BCUT2D eigenvalue weighted by molar-refractivity contribution is 6.60. The Morgan fingerprint density at radius 1 is 1.19 bits per heavy atom. The van der Waals surface area contributed by atoms with E-state index >= 15 is 0 Å². The molecule has 7 nitrogen and oxygen atoms in total. The maximum Gasteiger partial charge on any atom is 0.270 e. The molecule has 0 saturated heterocycles. The van der Waals surface area contributed by atoms with Gasteiger partial charge in [-0.15, -0.1) is 0 Å². The number of rotatable bonds is 3. The van der Waals surface area contributed by atoms with E-state index in [4.69, 9.17) is 16.3 Å². The van der Waals surface area contributed by atoms with Crippen LogP contribution in [0.3, 0.4) is 0 Å². The summed E-state index contributed by atoms with van der Waals surface area (Å²) in [7, 11) is 1.52. The van der Waals surface area contributed by atoms with Crippen molar-refractivity contribution in [3.05, 3.63) is 63.7 Å². The number of nitrogens with zero attached hydrogens (tertiary/aromatic N) is 2. The van der Waals surface area contributed by atoms with Gasteiger partial charge in [-0.3, -0.25) is 19.7 Å². The fourth-order valence-corrected chi connectivity index (χ4v) is 3.08. The number of nitro benzene ring substituents is 1. The maximum absolute atomic E-state index is 12.8. The van der Waals surface area contributed by atoms with Crippen molar-refractivity contribution in [2.45, 2.75) is 6.92 Å². The molecule has 1 aliphatic rings. The SMILES string of the molecule is COc1ccc(/C(Cl)=C2\C(=O)N(C(C)=O)c3ccc([N+](=O)[O-])cc32)cc1. The molecule has 2 amide bonds. The molecule has 1 heterocycles. The molecule has 0 bridgehead atoms. The third-order valence-corrected chi connectivity index (χ3v) is 4.40. The summed E-state index contributed by atoms with van der Waals surface area (Å²) >= 11 is 6.44. The van der Waals surface area contributed by atoms with Crippen molar-refractivity contribution in [3.63, 3.8) is 0 Å². The molecular formula is C18H13ClN2O5. The Kier molecular flexibility index (Phi) is 4.48. The second-order valence-electron chi connectivity index (χ2n) is 5.54. The number of non-ortho nitro benzene ring substituents is 1. The minimum absolute atomic E-state index is 0.0470. The van der Waals surface area contributed by atoms with E-state index in [9.17, 15) is 19.7 Å². The second kappa shape index (κ2) is 6.61. The number of imide groups is 1. The third kappa shape index (κ3) is 2.82. The summed E-state index contributed by atoms with van der Waals surface area (Å²) < 4.78 is 5.09. The van der Waals surface area contributed by atoms with Gasteiger partial charge in [-0.05, 0) is 35.9 Å². The molecule has 8 heteroatoms. The van der Waals surface area contributed by atoms with Crippen molar-refractivity contribution in [3.8, 4) is 5.75 Å². The van der Waals surface area contributed by atoms with Crippen LogP contribution in [-0.2, 0) is 9.59 Å². The number of carbonyl (C=O) groups excluding carboxylic acids is 2. The number of nitro groups is 1. The molecule has 0 unspecified atom stereocenters. The van der Waals surface area contributed by atoms with E-state index in [2.05, 4.69) is 0 Å². The topological polar surface area (TPSA) is 89.8 Å². The average Bonchev–Trinajstić information content (AvgIpc) is 2.92. The number of carbonyl (C=O) groups is 2. The van der Waals surface area contributed by atoms with Crippen molar-refractivity contribution in [1.82, 2.24) is 0 Å². The lowest BCUT2D eigenvalue weighted by molar-refractivity contribution is -0.384. The summed E-state index contributed by atoms with van der Waals surface area (Å²) in [6, 6.07) is 10.5. The van der Waals surface area contributed by atoms with Gasteiger partial charge in [0.25, 0.3) is 11.6 Å². The number of anilines is 1. The molecule has 0 aliphatic carbocycles. The predicted molar refractivity (Wildman–Crippen MR) is 96.9 cm³/mol. The second-order valence-corrected chi connectivity index (χ2v) is 5.91. The molecule has 0 N–H and O–H groups in total. The first-order valence-corrected chi connectivity index (χ1v) is 7.91. The Hall–Kier alpha value is -3.19. The molecule has 0 radical (unpaired) electrons. The molecule has 2 aromatic rings. The number of methoxy groups -OCH3 is 1. The molecule has 26 heavy (non-hydrogen) atoms. The summed E-state index contributed by atoms with van der Waals surface area (Å²) in [6.07, 6.45) is 0. The molecule has 0 saturated carbocycles. The van der Waals surface area contributed by atoms with Crippen LogP contribution in [0.5, 0.6) is 5.75 Å². The standard InChI is InChI=1S/C18H13ClN2O5/c1-10(22)20-15-8-5-12(21(24)25)9-14(15)16(18(20)23)17(19)11-3-6-13(26-2)7-4-11/h3-9H,1-2H3/b17-16+. The monoisotopic (exact) mass is 372 g/mol. The van der Waals surface area contributed by atoms with Crippen LogP contribution in [-0.4, -0.2) is 23.8 Å². The van der Waals surface area contributed by atoms with Gasteiger partial charge in [0.1, 0.15) is 5.75 Å². The van der Waals surface area contributed by atoms with E-state index < -0.39 is 16.7 Å². The first kappa shape index (κ1) is 17.6. The Balaban J connectivity index is 2.23. The van der Waals surface area contributed by atoms with E-state index in [0.717, 1.165) is 4.90 Å². The Morgan fingerprint density at radius 3 is 2.38 bits per heavy atom. The Bertz CT molecular complexity index is 966. The van der Waals surface area contributed by atoms with Crippen LogP contribution >= 0.6 is 11.6 Å². The highest BCUT2D eigenvalue weighted by Gasteiger charge is 2.38. The van der Waals surface area contributed by atoms with Gasteiger partial charge in [0, 0.05) is 24.6 Å². The molecule has 0 atom stereocenters. The van der Waals surface area contributed by atoms with Gasteiger partial charge < -0.3 is 4.74 Å². The Morgan fingerprint density at radius 2 is 1.85 bits per heavy atom. The van der Waals surface area contributed by atoms with Gasteiger partial charge >= 0.3 is 0 Å². The molecule has 2 aromatic carbocycles. The summed E-state index contributed by atoms with van der Waals surface area (Å²) in [5.74, 6) is -0.504. The zero-order valence-corrected chi connectivity index (χ0v) is 14.6. The van der Waals surface area contributed by atoms with Crippen LogP contribution in [0.25, 0.3) is 10.6 Å². The van der Waals surface area contributed by atoms with Crippen LogP contribution in [0.4, 0.5) is 11.4 Å². The molecule has 1 aliphatic heterocycles. The lowest BCUT2D eigenvalue weighted by Gasteiger charge is -2.11. The smallest absolute Gasteiger partial charge is 0.270 e. The van der Waals surface area contributed by atoms with E-state index in [0.29, 0.717) is 11.3 Å². The third-order valence-electron chi connectivity index (χ3n) is 4.00. The summed E-state index contributed by atoms with van der Waals surface area (Å²) in [5.41, 5.74) is 0.901. The zero-order valence-electron chi connectivity index (χ0n) is 13.9. The van der Waals surface area contributed by atoms with Crippen LogP contribution in [0.15, 0.2) is 42.5 Å². The number of fused-ring (bicyclic) bond motifs is 1. The van der Waals surface area contributed by atoms with Gasteiger partial charge in [-0.2, -0.15) is 0 Å². The molecular weight excluding hydrogens is 360 g/mol. The van der Waals surface area contributed by atoms with E-state index in [-0.39, 0.29) is 27.5 Å². The van der Waals surface area contributed by atoms with E-state index in [1.54, 1.807) is 24.3 Å². The average molecular weight is 373 g/mol. The number of halogens is 1. The first-order chi connectivity index (χ1) is 12.3. The summed E-state index contributed by atoms with van der Waals surface area (Å²) in [5, 5.41) is 11.2. The fraction of sp³-hybridized carbons (Fsp3) is 0.111. The van der Waals surface area contributed by atoms with Crippen LogP contribution in [0.2, 0.25) is 0 Å². The Labute approximate surface area is 153 Å². The van der Waals surface area contributed by atoms with Crippen molar-refractivity contribution in [2.75, 3.05) is 12.0 Å². The molecule has 0 fully saturated rings. The lowest BCUT2D eigenvalue weighted by Crippen LogP contribution is -2.31. The van der Waals surface area contributed by atoms with Gasteiger partial charge in [-0.1, -0.05) is 11.6 Å². The highest BCUT2D eigenvalue weighted by Crippen LogP contribution is 2.43. The predicted octanol–water partition coefficient (Wildman–Crippen LogP) is 3.60. The number of hydrogen-bond donors (Lipinski definition) is 0. The van der Waals surface area contributed by atoms with Crippen LogP contribution < -0.4 is 9.64 Å². The largest absolute Gasteiger partial charge is 0.497 e. The zero-order chi connectivity index (χ0) is 19.0. The van der Waals surface area contributed by atoms with Gasteiger partial charge in [0.05, 0.1) is 28.3 Å². The molecule has 0 aromatic heterocycles. The minimum atomic E-state index is -0.617. The number of hydrogen-bond acceptors (Lipinski definition) is 5. The van der Waals surface area contributed by atoms with Gasteiger partial charge in [0.2, 0.25) is 5.91 Å². The molecule has 3 rings (SSSR count). The fourth-order valence-electron chi connectivity index (χ4n) is 2.78. The van der Waals surface area contributed by atoms with Gasteiger partial charge in [-0.25, -0.2) is 4.90 Å². The quantitative estimate of drug-likeness (QED) is 0.466. The van der Waals surface area contributed by atoms with Crippen molar-refractivity contribution in [1.29, 1.82) is 0 Å². The van der Waals surface area contributed by atoms with Crippen LogP contribution in [0, 0.1) is 10.1 Å². The van der Waals surface area contributed by atoms with Gasteiger partial charge in [0.15, 0.2) is 0 Å².